The normalized spacial score (nSPS) is 9.85. The third-order valence-corrected chi connectivity index (χ3v) is 1.57. The van der Waals surface area contributed by atoms with Gasteiger partial charge < -0.3 is 5.11 Å². The number of carboxylic acids is 1. The van der Waals surface area contributed by atoms with Crippen LogP contribution in [0.5, 0.6) is 0 Å². The van der Waals surface area contributed by atoms with Crippen molar-refractivity contribution in [2.75, 3.05) is 0 Å². The second-order valence-electron chi connectivity index (χ2n) is 2.59. The molecule has 1 N–H and O–H groups in total. The maximum atomic E-state index is 11.0. The van der Waals surface area contributed by atoms with Crippen LogP contribution in [0.25, 0.3) is 0 Å². The fourth-order valence-corrected chi connectivity index (χ4v) is 0.958. The average molecular weight is 182 g/mol. The lowest BCUT2D eigenvalue weighted by Gasteiger charge is -2.01. The Balaban J connectivity index is 2.50. The second kappa shape index (κ2) is 4.39. The minimum atomic E-state index is -0.850. The second-order valence-corrected chi connectivity index (χ2v) is 2.59. The first-order chi connectivity index (χ1) is 6.20. The van der Waals surface area contributed by atoms with Gasteiger partial charge in [-0.2, -0.15) is 0 Å². The molecule has 0 atom stereocenters. The molecule has 0 radical (unpaired) electrons. The number of carbonyl (C=O) groups is 1. The van der Waals surface area contributed by atoms with Crippen LogP contribution in [0.15, 0.2) is 23.3 Å². The summed E-state index contributed by atoms with van der Waals surface area (Å²) >= 11 is 0. The van der Waals surface area contributed by atoms with E-state index in [-0.39, 0.29) is 12.1 Å². The minimum Gasteiger partial charge on any atom is -0.481 e. The number of hydrogen-bond acceptors (Lipinski definition) is 3. The van der Waals surface area contributed by atoms with Crippen molar-refractivity contribution in [3.05, 3.63) is 28.9 Å². The summed E-state index contributed by atoms with van der Waals surface area (Å²) in [6.45, 7) is 0.402. The molecule has 1 rings (SSSR count). The Morgan fingerprint density at radius 1 is 1.62 bits per heavy atom. The molecule has 0 aliphatic carbocycles. The monoisotopic (exact) mass is 182 g/mol. The van der Waals surface area contributed by atoms with E-state index in [1.54, 1.807) is 12.3 Å². The van der Waals surface area contributed by atoms with Crippen molar-refractivity contribution in [3.63, 3.8) is 0 Å². The molecule has 0 saturated heterocycles. The van der Waals surface area contributed by atoms with Crippen molar-refractivity contribution < 1.29 is 9.90 Å². The van der Waals surface area contributed by atoms with Crippen LogP contribution >= 0.6 is 0 Å². The Morgan fingerprint density at radius 3 is 3.00 bits per heavy atom. The molecule has 1 aromatic heterocycles. The molecule has 1 aromatic rings. The van der Waals surface area contributed by atoms with E-state index in [1.807, 2.05) is 0 Å². The molecule has 0 spiro atoms. The van der Waals surface area contributed by atoms with Crippen LogP contribution in [0.2, 0.25) is 0 Å². The zero-order valence-electron chi connectivity index (χ0n) is 7.01. The topological polar surface area (TPSA) is 72.2 Å². The Hall–Kier alpha value is -1.65. The summed E-state index contributed by atoms with van der Waals surface area (Å²) < 4.78 is 1.39. The van der Waals surface area contributed by atoms with E-state index in [9.17, 15) is 9.59 Å². The van der Waals surface area contributed by atoms with Gasteiger partial charge >= 0.3 is 11.7 Å². The maximum absolute atomic E-state index is 11.0. The molecule has 0 unspecified atom stereocenters. The van der Waals surface area contributed by atoms with Gasteiger partial charge in [-0.1, -0.05) is 0 Å². The van der Waals surface area contributed by atoms with Crippen molar-refractivity contribution in [2.45, 2.75) is 19.4 Å². The molecule has 70 valence electrons. The summed E-state index contributed by atoms with van der Waals surface area (Å²) in [5, 5.41) is 8.36. The predicted molar refractivity (Wildman–Crippen MR) is 45.4 cm³/mol. The summed E-state index contributed by atoms with van der Waals surface area (Å²) in [5.74, 6) is -0.850. The number of aliphatic carboxylic acids is 1. The fraction of sp³-hybridized carbons (Fsp3) is 0.375. The lowest BCUT2D eigenvalue weighted by atomic mass is 10.3. The fourth-order valence-electron chi connectivity index (χ4n) is 0.958. The smallest absolute Gasteiger partial charge is 0.347 e. The molecular formula is C8H10N2O3. The number of aromatic nitrogens is 2. The van der Waals surface area contributed by atoms with Crippen molar-refractivity contribution in [1.82, 2.24) is 9.55 Å². The quantitative estimate of drug-likeness (QED) is 0.717. The summed E-state index contributed by atoms with van der Waals surface area (Å²) in [5.41, 5.74) is -0.340. The van der Waals surface area contributed by atoms with Gasteiger partial charge in [-0.05, 0) is 12.5 Å². The number of hydrogen-bond donors (Lipinski definition) is 1. The highest BCUT2D eigenvalue weighted by Gasteiger charge is 1.98. The van der Waals surface area contributed by atoms with E-state index >= 15 is 0 Å². The van der Waals surface area contributed by atoms with Crippen molar-refractivity contribution in [1.29, 1.82) is 0 Å². The first kappa shape index (κ1) is 9.44. The Labute approximate surface area is 74.7 Å². The number of carboxylic acid groups (broad SMARTS) is 1. The lowest BCUT2D eigenvalue weighted by molar-refractivity contribution is -0.137. The Morgan fingerprint density at radius 2 is 2.38 bits per heavy atom. The van der Waals surface area contributed by atoms with Gasteiger partial charge in [0.05, 0.1) is 0 Å². The van der Waals surface area contributed by atoms with Gasteiger partial charge in [-0.3, -0.25) is 9.36 Å². The van der Waals surface area contributed by atoms with Crippen LogP contribution in [-0.2, 0) is 11.3 Å². The van der Waals surface area contributed by atoms with Crippen LogP contribution < -0.4 is 5.69 Å². The van der Waals surface area contributed by atoms with Gasteiger partial charge in [0, 0.05) is 25.4 Å². The molecule has 0 saturated carbocycles. The highest BCUT2D eigenvalue weighted by atomic mass is 16.4. The van der Waals surface area contributed by atoms with Crippen molar-refractivity contribution in [3.8, 4) is 0 Å². The van der Waals surface area contributed by atoms with Crippen LogP contribution in [0.1, 0.15) is 12.8 Å². The molecule has 13 heavy (non-hydrogen) atoms. The summed E-state index contributed by atoms with van der Waals surface area (Å²) in [6.07, 6.45) is 3.52. The van der Waals surface area contributed by atoms with Crippen molar-refractivity contribution >= 4 is 5.97 Å². The van der Waals surface area contributed by atoms with E-state index in [2.05, 4.69) is 4.98 Å². The van der Waals surface area contributed by atoms with E-state index in [0.717, 1.165) is 0 Å². The standard InChI is InChI=1S/C8H10N2O3/c11-7(12)3-1-5-10-6-2-4-9-8(10)13/h2,4,6H,1,3,5H2,(H,11,12). The molecule has 0 aliphatic heterocycles. The molecule has 5 heteroatoms. The number of rotatable bonds is 4. The summed E-state index contributed by atoms with van der Waals surface area (Å²) in [7, 11) is 0. The zero-order chi connectivity index (χ0) is 9.68. The van der Waals surface area contributed by atoms with Gasteiger partial charge in [-0.25, -0.2) is 9.78 Å². The highest BCUT2D eigenvalue weighted by Crippen LogP contribution is 1.91. The zero-order valence-corrected chi connectivity index (χ0v) is 7.01. The van der Waals surface area contributed by atoms with E-state index < -0.39 is 5.97 Å². The molecule has 0 amide bonds. The number of aryl methyl sites for hydroxylation is 1. The third kappa shape index (κ3) is 3.06. The van der Waals surface area contributed by atoms with Gasteiger partial charge in [0.2, 0.25) is 0 Å². The number of nitrogens with zero attached hydrogens (tertiary/aromatic N) is 2. The molecule has 1 heterocycles. The molecule has 5 nitrogen and oxygen atoms in total. The Bertz CT molecular complexity index is 345. The van der Waals surface area contributed by atoms with Gasteiger partial charge in [0.15, 0.2) is 0 Å². The predicted octanol–water partition coefficient (Wildman–Crippen LogP) is 0.108. The summed E-state index contributed by atoms with van der Waals surface area (Å²) in [4.78, 5) is 24.7. The lowest BCUT2D eigenvalue weighted by Crippen LogP contribution is -2.21. The van der Waals surface area contributed by atoms with Gasteiger partial charge in [0.1, 0.15) is 0 Å². The maximum Gasteiger partial charge on any atom is 0.347 e. The van der Waals surface area contributed by atoms with Crippen molar-refractivity contribution in [2.24, 2.45) is 0 Å². The van der Waals surface area contributed by atoms with E-state index in [1.165, 1.54) is 10.8 Å². The first-order valence-electron chi connectivity index (χ1n) is 3.93. The molecule has 0 aliphatic rings. The van der Waals surface area contributed by atoms with Crippen LogP contribution in [-0.4, -0.2) is 20.6 Å². The minimum absolute atomic E-state index is 0.0708. The molecule has 0 fully saturated rings. The van der Waals surface area contributed by atoms with Crippen LogP contribution in [0, 0.1) is 0 Å². The largest absolute Gasteiger partial charge is 0.481 e. The highest BCUT2D eigenvalue weighted by molar-refractivity contribution is 5.66. The molecule has 0 aromatic carbocycles. The van der Waals surface area contributed by atoms with Crippen LogP contribution in [0.3, 0.4) is 0 Å². The average Bonchev–Trinajstić information content (AvgIpc) is 2.08. The van der Waals surface area contributed by atoms with Crippen LogP contribution in [0.4, 0.5) is 0 Å². The Kier molecular flexibility index (Phi) is 3.19. The summed E-state index contributed by atoms with van der Waals surface area (Å²) in [6, 6.07) is 1.64. The first-order valence-corrected chi connectivity index (χ1v) is 3.93. The van der Waals surface area contributed by atoms with Gasteiger partial charge in [-0.15, -0.1) is 0 Å². The van der Waals surface area contributed by atoms with E-state index in [4.69, 9.17) is 5.11 Å². The van der Waals surface area contributed by atoms with E-state index in [0.29, 0.717) is 13.0 Å². The van der Waals surface area contributed by atoms with Gasteiger partial charge in [0.25, 0.3) is 0 Å². The molecule has 0 bridgehead atoms. The SMILES string of the molecule is O=C(O)CCCn1cccnc1=O. The molecular weight excluding hydrogens is 172 g/mol. The third-order valence-electron chi connectivity index (χ3n) is 1.57.